The van der Waals surface area contributed by atoms with Gasteiger partial charge in [-0.25, -0.2) is 8.42 Å². The number of nitrogens with zero attached hydrogens (tertiary/aromatic N) is 1. The Kier molecular flexibility index (Phi) is 6.19. The molecule has 7 heteroatoms. The number of carbonyl (C=O) groups is 1. The third kappa shape index (κ3) is 5.93. The summed E-state index contributed by atoms with van der Waals surface area (Å²) < 4.78 is 25.3. The number of rotatable bonds is 8. The number of carbonyl (C=O) groups excluding carboxylic acids is 1. The van der Waals surface area contributed by atoms with E-state index in [9.17, 15) is 18.3 Å². The molecule has 0 unspecified atom stereocenters. The maximum Gasteiger partial charge on any atom is 0.229 e. The first-order valence-electron chi connectivity index (χ1n) is 10.7. The van der Waals surface area contributed by atoms with Gasteiger partial charge in [0.2, 0.25) is 10.0 Å². The van der Waals surface area contributed by atoms with Gasteiger partial charge in [-0.15, -0.1) is 0 Å². The van der Waals surface area contributed by atoms with Gasteiger partial charge < -0.3 is 5.11 Å². The predicted molar refractivity (Wildman–Crippen MR) is 121 cm³/mol. The average molecular weight is 443 g/mol. The first-order chi connectivity index (χ1) is 14.7. The van der Waals surface area contributed by atoms with E-state index in [4.69, 9.17) is 0 Å². The van der Waals surface area contributed by atoms with Gasteiger partial charge in [0.1, 0.15) is 0 Å². The Morgan fingerprint density at radius 2 is 1.71 bits per heavy atom. The molecule has 166 valence electrons. The van der Waals surface area contributed by atoms with Crippen LogP contribution in [0.2, 0.25) is 0 Å². The zero-order valence-electron chi connectivity index (χ0n) is 17.8. The van der Waals surface area contributed by atoms with Gasteiger partial charge in [0, 0.05) is 31.6 Å². The number of nitrogens with one attached hydrogen (secondary N) is 1. The van der Waals surface area contributed by atoms with Crippen molar-refractivity contribution in [3.63, 3.8) is 0 Å². The minimum atomic E-state index is -3.34. The van der Waals surface area contributed by atoms with Crippen LogP contribution in [-0.2, 0) is 27.7 Å². The summed E-state index contributed by atoms with van der Waals surface area (Å²) in [6.45, 7) is 2.10. The lowest BCUT2D eigenvalue weighted by molar-refractivity contribution is -0.119. The minimum absolute atomic E-state index is 0.121. The Morgan fingerprint density at radius 1 is 1.06 bits per heavy atom. The third-order valence-electron chi connectivity index (χ3n) is 6.34. The summed E-state index contributed by atoms with van der Waals surface area (Å²) in [6.07, 6.45) is 3.66. The van der Waals surface area contributed by atoms with Gasteiger partial charge >= 0.3 is 0 Å². The quantitative estimate of drug-likeness (QED) is 0.656. The zero-order chi connectivity index (χ0) is 22.1. The van der Waals surface area contributed by atoms with Crippen LogP contribution >= 0.6 is 0 Å². The fourth-order valence-electron chi connectivity index (χ4n) is 5.30. The van der Waals surface area contributed by atoms with Crippen LogP contribution in [0.25, 0.3) is 0 Å². The molecule has 1 heterocycles. The third-order valence-corrected chi connectivity index (χ3v) is 6.95. The summed E-state index contributed by atoms with van der Waals surface area (Å²) in [5.41, 5.74) is 1.81. The number of likely N-dealkylation sites (tertiary alicyclic amines) is 1. The molecule has 1 saturated carbocycles. The average Bonchev–Trinajstić information content (AvgIpc) is 3.14. The molecule has 1 aliphatic heterocycles. The topological polar surface area (TPSA) is 86.7 Å². The SMILES string of the molecule is CS(=O)(=O)Nc1cccc(CC(=O)CN2C[C@@H]3C[C@@](O)(Cc4ccccc4)C[C@@H]3C2)c1. The molecule has 1 aliphatic carbocycles. The molecule has 2 aromatic carbocycles. The number of fused-ring (bicyclic) bond motifs is 1. The molecule has 4 rings (SSSR count). The predicted octanol–water partition coefficient (Wildman–Crippen LogP) is 2.49. The summed E-state index contributed by atoms with van der Waals surface area (Å²) in [5.74, 6) is 0.989. The fraction of sp³-hybridized carbons (Fsp3) is 0.458. The molecule has 0 amide bonds. The van der Waals surface area contributed by atoms with Crippen molar-refractivity contribution < 1.29 is 18.3 Å². The molecule has 0 aromatic heterocycles. The van der Waals surface area contributed by atoms with E-state index >= 15 is 0 Å². The Balaban J connectivity index is 1.28. The van der Waals surface area contributed by atoms with Gasteiger partial charge in [-0.05, 0) is 47.9 Å². The van der Waals surface area contributed by atoms with E-state index in [0.29, 0.717) is 30.5 Å². The lowest BCUT2D eigenvalue weighted by atomic mass is 9.91. The molecule has 2 fully saturated rings. The smallest absolute Gasteiger partial charge is 0.229 e. The second-order valence-corrected chi connectivity index (χ2v) is 11.0. The highest BCUT2D eigenvalue weighted by molar-refractivity contribution is 7.92. The molecular formula is C24H30N2O4S. The van der Waals surface area contributed by atoms with Gasteiger partial charge in [-0.1, -0.05) is 42.5 Å². The Morgan fingerprint density at radius 3 is 2.35 bits per heavy atom. The van der Waals surface area contributed by atoms with Crippen LogP contribution in [0, 0.1) is 11.8 Å². The lowest BCUT2D eigenvalue weighted by Gasteiger charge is -2.26. The van der Waals surface area contributed by atoms with E-state index in [1.807, 2.05) is 24.3 Å². The molecule has 31 heavy (non-hydrogen) atoms. The van der Waals surface area contributed by atoms with Crippen LogP contribution in [0.4, 0.5) is 5.69 Å². The first-order valence-corrected chi connectivity index (χ1v) is 12.6. The molecule has 0 radical (unpaired) electrons. The van der Waals surface area contributed by atoms with Gasteiger partial charge in [-0.3, -0.25) is 14.4 Å². The zero-order valence-corrected chi connectivity index (χ0v) is 18.6. The van der Waals surface area contributed by atoms with Gasteiger partial charge in [0.25, 0.3) is 0 Å². The number of Topliss-reactive ketones (excluding diaryl/α,β-unsaturated/α-hetero) is 1. The molecule has 2 aliphatic rings. The van der Waals surface area contributed by atoms with Crippen LogP contribution in [0.1, 0.15) is 24.0 Å². The monoisotopic (exact) mass is 442 g/mol. The van der Waals surface area contributed by atoms with Crippen molar-refractivity contribution in [2.24, 2.45) is 11.8 Å². The maximum absolute atomic E-state index is 12.6. The summed E-state index contributed by atoms with van der Waals surface area (Å²) >= 11 is 0. The summed E-state index contributed by atoms with van der Waals surface area (Å²) in [5, 5.41) is 11.1. The van der Waals surface area contributed by atoms with Gasteiger partial charge in [0.05, 0.1) is 18.4 Å². The summed E-state index contributed by atoms with van der Waals surface area (Å²) in [6, 6.07) is 17.1. The maximum atomic E-state index is 12.6. The molecule has 6 nitrogen and oxygen atoms in total. The number of aliphatic hydroxyl groups is 1. The number of benzene rings is 2. The van der Waals surface area contributed by atoms with Gasteiger partial charge in [0.15, 0.2) is 5.78 Å². The molecule has 3 atom stereocenters. The van der Waals surface area contributed by atoms with Crippen molar-refractivity contribution >= 4 is 21.5 Å². The summed E-state index contributed by atoms with van der Waals surface area (Å²) in [7, 11) is -3.34. The van der Waals surface area contributed by atoms with Gasteiger partial charge in [-0.2, -0.15) is 0 Å². The number of hydrogen-bond donors (Lipinski definition) is 2. The van der Waals surface area contributed by atoms with E-state index in [1.54, 1.807) is 18.2 Å². The number of ketones is 1. The Hall–Kier alpha value is -2.22. The van der Waals surface area contributed by atoms with Crippen LogP contribution < -0.4 is 4.72 Å². The second-order valence-electron chi connectivity index (χ2n) is 9.30. The number of sulfonamides is 1. The van der Waals surface area contributed by atoms with E-state index < -0.39 is 15.6 Å². The van der Waals surface area contributed by atoms with E-state index in [1.165, 1.54) is 5.56 Å². The standard InChI is InChI=1S/C24H30N2O4S/c1-31(29,30)25-22-9-5-8-19(10-22)11-23(27)17-26-15-20-13-24(28,14-21(20)16-26)12-18-6-3-2-4-7-18/h2-10,20-21,25,28H,11-17H2,1H3/t20-,21+,24-. The van der Waals surface area contributed by atoms with E-state index in [0.717, 1.165) is 37.8 Å². The number of hydrogen-bond acceptors (Lipinski definition) is 5. The minimum Gasteiger partial charge on any atom is -0.390 e. The molecule has 2 aromatic rings. The van der Waals surface area contributed by atoms with Crippen LogP contribution in [-0.4, -0.2) is 55.7 Å². The molecule has 1 saturated heterocycles. The van der Waals surface area contributed by atoms with Crippen molar-refractivity contribution in [1.29, 1.82) is 0 Å². The molecule has 0 spiro atoms. The van der Waals surface area contributed by atoms with E-state index in [2.05, 4.69) is 21.8 Å². The largest absolute Gasteiger partial charge is 0.390 e. The Bertz CT molecular complexity index is 1020. The van der Waals surface area contributed by atoms with E-state index in [-0.39, 0.29) is 12.2 Å². The van der Waals surface area contributed by atoms with Crippen LogP contribution in [0.5, 0.6) is 0 Å². The molecule has 0 bridgehead atoms. The highest BCUT2D eigenvalue weighted by Crippen LogP contribution is 2.45. The van der Waals surface area contributed by atoms with Crippen molar-refractivity contribution in [3.8, 4) is 0 Å². The normalized spacial score (nSPS) is 26.0. The highest BCUT2D eigenvalue weighted by Gasteiger charge is 2.48. The second kappa shape index (κ2) is 8.73. The van der Waals surface area contributed by atoms with Crippen molar-refractivity contribution in [2.45, 2.75) is 31.3 Å². The van der Waals surface area contributed by atoms with Crippen LogP contribution in [0.15, 0.2) is 54.6 Å². The van der Waals surface area contributed by atoms with Crippen LogP contribution in [0.3, 0.4) is 0 Å². The fourth-order valence-corrected chi connectivity index (χ4v) is 5.85. The van der Waals surface area contributed by atoms with Crippen molar-refractivity contribution in [3.05, 3.63) is 65.7 Å². The number of anilines is 1. The Labute approximate surface area is 184 Å². The first kappa shape index (κ1) is 22.0. The molecule has 2 N–H and O–H groups in total. The summed E-state index contributed by atoms with van der Waals surface area (Å²) in [4.78, 5) is 14.8. The van der Waals surface area contributed by atoms with Crippen molar-refractivity contribution in [2.75, 3.05) is 30.6 Å². The lowest BCUT2D eigenvalue weighted by Crippen LogP contribution is -2.34. The highest BCUT2D eigenvalue weighted by atomic mass is 32.2. The van der Waals surface area contributed by atoms with Crippen molar-refractivity contribution in [1.82, 2.24) is 4.90 Å². The molecular weight excluding hydrogens is 412 g/mol.